The van der Waals surface area contributed by atoms with Crippen LogP contribution in [0.4, 0.5) is 5.13 Å². The molecule has 0 spiro atoms. The van der Waals surface area contributed by atoms with Gasteiger partial charge in [0.05, 0.1) is 31.8 Å². The number of carbonyl (C=O) groups excluding carboxylic acids is 1. The van der Waals surface area contributed by atoms with Crippen molar-refractivity contribution in [2.75, 3.05) is 25.4 Å². The Bertz CT molecular complexity index is 1220. The van der Waals surface area contributed by atoms with Crippen LogP contribution in [0.1, 0.15) is 38.2 Å². The first-order chi connectivity index (χ1) is 15.7. The van der Waals surface area contributed by atoms with Crippen LogP contribution >= 0.6 is 23.1 Å². The molecule has 1 aliphatic carbocycles. The maximum atomic E-state index is 13.6. The van der Waals surface area contributed by atoms with Crippen molar-refractivity contribution < 1.29 is 14.3 Å². The lowest BCUT2D eigenvalue weighted by Crippen LogP contribution is -2.42. The standard InChI is InChI=1S/C23H25N5O3S2/c1-23(2)9-15-19(16(29)10-23)18(13-7-6-12(30-3)8-17(13)31-4)14(11-24)20(25)28(15)21-26-27-22(32-5)33-21/h6-8,18H,9-10,25H2,1-5H3. The highest BCUT2D eigenvalue weighted by Gasteiger charge is 2.46. The van der Waals surface area contributed by atoms with Gasteiger partial charge in [0.2, 0.25) is 5.13 Å². The molecule has 0 saturated carbocycles. The Morgan fingerprint density at radius 2 is 2.03 bits per heavy atom. The largest absolute Gasteiger partial charge is 0.497 e. The Kier molecular flexibility index (Phi) is 6.12. The number of aromatic nitrogens is 2. The van der Waals surface area contributed by atoms with E-state index in [0.717, 1.165) is 10.0 Å². The number of methoxy groups -OCH3 is 2. The maximum Gasteiger partial charge on any atom is 0.219 e. The van der Waals surface area contributed by atoms with Crippen LogP contribution in [0.3, 0.4) is 0 Å². The smallest absolute Gasteiger partial charge is 0.219 e. The van der Waals surface area contributed by atoms with Gasteiger partial charge in [-0.1, -0.05) is 43.0 Å². The van der Waals surface area contributed by atoms with E-state index in [1.165, 1.54) is 23.1 Å². The molecule has 172 valence electrons. The molecule has 10 heteroatoms. The van der Waals surface area contributed by atoms with Crippen molar-refractivity contribution in [2.45, 2.75) is 36.9 Å². The van der Waals surface area contributed by atoms with Gasteiger partial charge in [0, 0.05) is 29.3 Å². The Labute approximate surface area is 201 Å². The SMILES string of the molecule is COc1ccc(C2C(C#N)=C(N)N(c3nnc(SC)s3)C3=C2C(=O)CC(C)(C)C3)c(OC)c1. The fraction of sp³-hybridized carbons (Fsp3) is 0.391. The van der Waals surface area contributed by atoms with Crippen molar-refractivity contribution in [3.05, 3.63) is 46.4 Å². The second-order valence-electron chi connectivity index (χ2n) is 8.64. The third-order valence-corrected chi connectivity index (χ3v) is 7.78. The molecule has 0 bridgehead atoms. The van der Waals surface area contributed by atoms with Gasteiger partial charge in [0.15, 0.2) is 10.1 Å². The number of anilines is 1. The predicted octanol–water partition coefficient (Wildman–Crippen LogP) is 4.22. The zero-order valence-electron chi connectivity index (χ0n) is 19.1. The number of ketones is 1. The summed E-state index contributed by atoms with van der Waals surface area (Å²) in [6.07, 6.45) is 2.90. The highest BCUT2D eigenvalue weighted by molar-refractivity contribution is 8.00. The summed E-state index contributed by atoms with van der Waals surface area (Å²) in [5.74, 6) is 0.752. The molecule has 0 radical (unpaired) electrons. The number of nitriles is 1. The molecule has 2 aliphatic rings. The summed E-state index contributed by atoms with van der Waals surface area (Å²) in [5.41, 5.74) is 8.67. The zero-order chi connectivity index (χ0) is 23.9. The number of rotatable bonds is 5. The van der Waals surface area contributed by atoms with Crippen LogP contribution in [0, 0.1) is 16.7 Å². The molecular formula is C23H25N5O3S2. The molecule has 1 aromatic heterocycles. The van der Waals surface area contributed by atoms with Crippen molar-refractivity contribution >= 4 is 34.0 Å². The quantitative estimate of drug-likeness (QED) is 0.624. The lowest BCUT2D eigenvalue weighted by Gasteiger charge is -2.42. The summed E-state index contributed by atoms with van der Waals surface area (Å²) >= 11 is 2.86. The van der Waals surface area contributed by atoms with E-state index in [1.807, 2.05) is 12.3 Å². The van der Waals surface area contributed by atoms with E-state index in [-0.39, 0.29) is 22.6 Å². The van der Waals surface area contributed by atoms with Crippen LogP contribution in [-0.2, 0) is 4.79 Å². The molecule has 1 aromatic carbocycles. The first-order valence-electron chi connectivity index (χ1n) is 10.3. The van der Waals surface area contributed by atoms with E-state index in [9.17, 15) is 10.1 Å². The van der Waals surface area contributed by atoms with Gasteiger partial charge in [-0.15, -0.1) is 10.2 Å². The van der Waals surface area contributed by atoms with Gasteiger partial charge in [-0.3, -0.25) is 9.69 Å². The number of carbonyl (C=O) groups is 1. The van der Waals surface area contributed by atoms with Crippen LogP contribution in [0.5, 0.6) is 11.5 Å². The van der Waals surface area contributed by atoms with Crippen LogP contribution in [0.15, 0.2) is 45.2 Å². The molecule has 8 nitrogen and oxygen atoms in total. The minimum Gasteiger partial charge on any atom is -0.497 e. The molecule has 4 rings (SSSR count). The number of allylic oxidation sites excluding steroid dienone is 3. The second kappa shape index (κ2) is 8.72. The van der Waals surface area contributed by atoms with Crippen molar-refractivity contribution in [3.8, 4) is 17.6 Å². The maximum absolute atomic E-state index is 13.6. The van der Waals surface area contributed by atoms with Crippen LogP contribution in [0.2, 0.25) is 0 Å². The van der Waals surface area contributed by atoms with E-state index >= 15 is 0 Å². The minimum absolute atomic E-state index is 0.0102. The molecule has 2 N–H and O–H groups in total. The van der Waals surface area contributed by atoms with Gasteiger partial charge >= 0.3 is 0 Å². The van der Waals surface area contributed by atoms with E-state index in [0.29, 0.717) is 40.6 Å². The summed E-state index contributed by atoms with van der Waals surface area (Å²) in [6, 6.07) is 7.64. The van der Waals surface area contributed by atoms with Gasteiger partial charge in [-0.05, 0) is 24.2 Å². The normalized spacial score (nSPS) is 19.9. The first-order valence-corrected chi connectivity index (χ1v) is 12.3. The van der Waals surface area contributed by atoms with Gasteiger partial charge in [0.25, 0.3) is 0 Å². The monoisotopic (exact) mass is 483 g/mol. The third-order valence-electron chi connectivity index (χ3n) is 5.89. The van der Waals surface area contributed by atoms with Gasteiger partial charge < -0.3 is 15.2 Å². The van der Waals surface area contributed by atoms with Crippen molar-refractivity contribution in [2.24, 2.45) is 11.1 Å². The third kappa shape index (κ3) is 3.96. The van der Waals surface area contributed by atoms with Gasteiger partial charge in [0.1, 0.15) is 17.3 Å². The fourth-order valence-corrected chi connectivity index (χ4v) is 5.77. The lowest BCUT2D eigenvalue weighted by atomic mass is 9.68. The highest BCUT2D eigenvalue weighted by atomic mass is 32.2. The molecule has 0 saturated heterocycles. The summed E-state index contributed by atoms with van der Waals surface area (Å²) in [7, 11) is 3.13. The Morgan fingerprint density at radius 3 is 2.64 bits per heavy atom. The molecule has 0 amide bonds. The van der Waals surface area contributed by atoms with E-state index in [1.54, 1.807) is 31.3 Å². The predicted molar refractivity (Wildman–Crippen MR) is 128 cm³/mol. The van der Waals surface area contributed by atoms with Crippen molar-refractivity contribution in [1.82, 2.24) is 10.2 Å². The molecule has 2 aromatic rings. The molecule has 2 heterocycles. The first kappa shape index (κ1) is 23.1. The number of nitrogens with zero attached hydrogens (tertiary/aromatic N) is 4. The molecule has 0 fully saturated rings. The Morgan fingerprint density at radius 1 is 1.27 bits per heavy atom. The minimum atomic E-state index is -0.640. The highest BCUT2D eigenvalue weighted by Crippen LogP contribution is 2.52. The van der Waals surface area contributed by atoms with E-state index in [4.69, 9.17) is 15.2 Å². The van der Waals surface area contributed by atoms with Crippen LogP contribution in [-0.4, -0.2) is 36.5 Å². The Hall–Kier alpha value is -3.03. The van der Waals surface area contributed by atoms with Crippen molar-refractivity contribution in [1.29, 1.82) is 5.26 Å². The number of Topliss-reactive ketones (excluding diaryl/α,β-unsaturated/α-hetero) is 1. The zero-order valence-corrected chi connectivity index (χ0v) is 20.8. The van der Waals surface area contributed by atoms with Gasteiger partial charge in [-0.2, -0.15) is 5.26 Å². The topological polar surface area (TPSA) is 114 Å². The summed E-state index contributed by atoms with van der Waals surface area (Å²) < 4.78 is 11.7. The number of hydrogen-bond donors (Lipinski definition) is 1. The summed E-state index contributed by atoms with van der Waals surface area (Å²) in [6.45, 7) is 4.12. The Balaban J connectivity index is 2.00. The molecule has 1 unspecified atom stereocenters. The number of hydrogen-bond acceptors (Lipinski definition) is 10. The molecule has 33 heavy (non-hydrogen) atoms. The van der Waals surface area contributed by atoms with Crippen LogP contribution < -0.4 is 20.1 Å². The molecular weight excluding hydrogens is 458 g/mol. The van der Waals surface area contributed by atoms with E-state index in [2.05, 4.69) is 30.1 Å². The summed E-state index contributed by atoms with van der Waals surface area (Å²) in [5, 5.41) is 19.3. The number of nitrogens with two attached hydrogens (primary N) is 1. The number of ether oxygens (including phenoxy) is 2. The number of thioether (sulfide) groups is 1. The summed E-state index contributed by atoms with van der Waals surface area (Å²) in [4.78, 5) is 15.3. The molecule has 1 aliphatic heterocycles. The van der Waals surface area contributed by atoms with E-state index < -0.39 is 5.92 Å². The lowest BCUT2D eigenvalue weighted by molar-refractivity contribution is -0.118. The number of benzene rings is 1. The average molecular weight is 484 g/mol. The van der Waals surface area contributed by atoms with Crippen molar-refractivity contribution in [3.63, 3.8) is 0 Å². The molecule has 1 atom stereocenters. The van der Waals surface area contributed by atoms with Gasteiger partial charge in [-0.25, -0.2) is 0 Å². The fourth-order valence-electron chi connectivity index (χ4n) is 4.47. The average Bonchev–Trinajstić information content (AvgIpc) is 3.25. The second-order valence-corrected chi connectivity index (χ2v) is 10.7. The van der Waals surface area contributed by atoms with Crippen LogP contribution in [0.25, 0.3) is 0 Å².